The van der Waals surface area contributed by atoms with Gasteiger partial charge in [0, 0.05) is 18.2 Å². The van der Waals surface area contributed by atoms with E-state index >= 15 is 0 Å². The number of carbonyl (C=O) groups excluding carboxylic acids is 1. The molecule has 1 aromatic heterocycles. The fourth-order valence-electron chi connectivity index (χ4n) is 6.11. The molecule has 0 radical (unpaired) electrons. The van der Waals surface area contributed by atoms with Crippen molar-refractivity contribution in [3.05, 3.63) is 76.6 Å². The van der Waals surface area contributed by atoms with Crippen LogP contribution in [0.4, 0.5) is 24.8 Å². The van der Waals surface area contributed by atoms with Gasteiger partial charge in [-0.1, -0.05) is 24.3 Å². The van der Waals surface area contributed by atoms with E-state index in [0.717, 1.165) is 49.5 Å². The number of ether oxygens (including phenoxy) is 1. The van der Waals surface area contributed by atoms with Crippen LogP contribution in [0.15, 0.2) is 48.7 Å². The Balaban J connectivity index is 1.38. The molecule has 0 bridgehead atoms. The van der Waals surface area contributed by atoms with Crippen LogP contribution in [-0.4, -0.2) is 62.6 Å². The minimum absolute atomic E-state index is 0.00675. The van der Waals surface area contributed by atoms with Gasteiger partial charge in [0.1, 0.15) is 5.75 Å². The van der Waals surface area contributed by atoms with E-state index in [-0.39, 0.29) is 23.8 Å². The maximum absolute atomic E-state index is 14.1. The molecule has 5 rings (SSSR count). The van der Waals surface area contributed by atoms with Crippen molar-refractivity contribution in [2.45, 2.75) is 44.3 Å². The van der Waals surface area contributed by atoms with Crippen LogP contribution < -0.4 is 14.8 Å². The Labute approximate surface area is 255 Å². The average Bonchev–Trinajstić information content (AvgIpc) is 3.29. The number of hydrogen-bond donors (Lipinski definition) is 2. The second-order valence-corrected chi connectivity index (χ2v) is 13.5. The van der Waals surface area contributed by atoms with E-state index < -0.39 is 33.7 Å². The SMILES string of the molecule is COc1cc(C(=O)CC2CCN(C)CC2)ccc1Nc1ncc(C(F)(F)F)c(C[C@@H]2Cc3ccccc3[C@H]2NS(C)(=O)=O)n1. The monoisotopic (exact) mass is 631 g/mol. The number of nitrogens with zero attached hydrogens (tertiary/aromatic N) is 3. The molecule has 1 aliphatic carbocycles. The van der Waals surface area contributed by atoms with Gasteiger partial charge < -0.3 is 15.0 Å². The number of likely N-dealkylation sites (tertiary alicyclic amines) is 1. The van der Waals surface area contributed by atoms with Crippen LogP contribution in [0.2, 0.25) is 0 Å². The third-order valence-corrected chi connectivity index (χ3v) is 9.08. The molecule has 2 aromatic carbocycles. The van der Waals surface area contributed by atoms with Gasteiger partial charge in [0.15, 0.2) is 5.78 Å². The van der Waals surface area contributed by atoms with Crippen LogP contribution in [0.1, 0.15) is 58.0 Å². The fourth-order valence-corrected chi connectivity index (χ4v) is 6.89. The molecule has 2 aliphatic rings. The van der Waals surface area contributed by atoms with Crippen LogP contribution in [0.3, 0.4) is 0 Å². The highest BCUT2D eigenvalue weighted by molar-refractivity contribution is 7.88. The van der Waals surface area contributed by atoms with E-state index in [0.29, 0.717) is 35.8 Å². The van der Waals surface area contributed by atoms with E-state index in [2.05, 4.69) is 32.0 Å². The summed E-state index contributed by atoms with van der Waals surface area (Å²) in [5, 5.41) is 2.94. The molecule has 0 unspecified atom stereocenters. The van der Waals surface area contributed by atoms with Gasteiger partial charge in [-0.2, -0.15) is 13.2 Å². The van der Waals surface area contributed by atoms with Crippen molar-refractivity contribution in [2.75, 3.05) is 38.8 Å². The predicted molar refractivity (Wildman–Crippen MR) is 161 cm³/mol. The first-order valence-corrected chi connectivity index (χ1v) is 16.3. The lowest BCUT2D eigenvalue weighted by Crippen LogP contribution is -2.32. The molecular formula is C31H36F3N5O4S. The lowest BCUT2D eigenvalue weighted by atomic mass is 9.90. The summed E-state index contributed by atoms with van der Waals surface area (Å²) in [5.41, 5.74) is 1.24. The number of piperidine rings is 1. The van der Waals surface area contributed by atoms with E-state index in [1.54, 1.807) is 30.3 Å². The molecule has 1 saturated heterocycles. The molecule has 0 saturated carbocycles. The van der Waals surface area contributed by atoms with E-state index in [1.165, 1.54) is 7.11 Å². The van der Waals surface area contributed by atoms with Crippen LogP contribution in [0, 0.1) is 11.8 Å². The highest BCUT2D eigenvalue weighted by Gasteiger charge is 2.39. The number of alkyl halides is 3. The molecule has 13 heteroatoms. The Morgan fingerprint density at radius 3 is 2.55 bits per heavy atom. The van der Waals surface area contributed by atoms with Crippen LogP contribution in [0.25, 0.3) is 0 Å². The molecule has 1 aliphatic heterocycles. The van der Waals surface area contributed by atoms with Crippen molar-refractivity contribution in [3.8, 4) is 5.75 Å². The second-order valence-electron chi connectivity index (χ2n) is 11.7. The molecule has 0 amide bonds. The summed E-state index contributed by atoms with van der Waals surface area (Å²) in [6.07, 6.45) is -0.349. The van der Waals surface area contributed by atoms with E-state index in [9.17, 15) is 26.4 Å². The minimum Gasteiger partial charge on any atom is -0.495 e. The zero-order valence-electron chi connectivity index (χ0n) is 24.8. The number of benzene rings is 2. The Bertz CT molecular complexity index is 1620. The average molecular weight is 632 g/mol. The molecule has 2 atom stereocenters. The molecular weight excluding hydrogens is 595 g/mol. The predicted octanol–water partition coefficient (Wildman–Crippen LogP) is 5.17. The Morgan fingerprint density at radius 2 is 1.86 bits per heavy atom. The van der Waals surface area contributed by atoms with Gasteiger partial charge in [-0.25, -0.2) is 23.1 Å². The first kappa shape index (κ1) is 31.9. The summed E-state index contributed by atoms with van der Waals surface area (Å²) in [6, 6.07) is 11.4. The number of nitrogens with one attached hydrogen (secondary N) is 2. The van der Waals surface area contributed by atoms with Crippen molar-refractivity contribution in [1.82, 2.24) is 19.6 Å². The van der Waals surface area contributed by atoms with Crippen molar-refractivity contribution in [1.29, 1.82) is 0 Å². The standard InChI is InChI=1S/C31H36F3N5O4S/c1-39-12-10-19(11-13-39)14-27(40)21-8-9-25(28(17-21)43-2)36-30-35-18-24(31(32,33)34)26(37-30)16-22-15-20-6-4-5-7-23(20)29(22)38-44(3,41)42/h4-9,17-19,22,29,38H,10-16H2,1-3H3,(H,35,36,37)/t22-,29-/m0/s1. The van der Waals surface area contributed by atoms with Crippen molar-refractivity contribution >= 4 is 27.4 Å². The quantitative estimate of drug-likeness (QED) is 0.295. The van der Waals surface area contributed by atoms with Gasteiger partial charge in [0.2, 0.25) is 16.0 Å². The molecule has 1 fully saturated rings. The summed E-state index contributed by atoms with van der Waals surface area (Å²) in [6.45, 7) is 1.92. The summed E-state index contributed by atoms with van der Waals surface area (Å²) in [7, 11) is -0.138. The smallest absolute Gasteiger partial charge is 0.419 e. The molecule has 236 valence electrons. The Hall–Kier alpha value is -3.55. The number of aromatic nitrogens is 2. The van der Waals surface area contributed by atoms with Gasteiger partial charge in [-0.05, 0) is 87.0 Å². The lowest BCUT2D eigenvalue weighted by Gasteiger charge is -2.28. The number of ketones is 1. The maximum atomic E-state index is 14.1. The molecule has 9 nitrogen and oxygen atoms in total. The molecule has 44 heavy (non-hydrogen) atoms. The number of carbonyl (C=O) groups is 1. The Kier molecular flexibility index (Phi) is 9.28. The van der Waals surface area contributed by atoms with Gasteiger partial charge in [-0.3, -0.25) is 4.79 Å². The lowest BCUT2D eigenvalue weighted by molar-refractivity contribution is -0.138. The van der Waals surface area contributed by atoms with Crippen molar-refractivity contribution in [3.63, 3.8) is 0 Å². The summed E-state index contributed by atoms with van der Waals surface area (Å²) >= 11 is 0. The topological polar surface area (TPSA) is 114 Å². The van der Waals surface area contributed by atoms with Gasteiger partial charge in [0.05, 0.1) is 36.4 Å². The van der Waals surface area contributed by atoms with Crippen molar-refractivity contribution < 1.29 is 31.1 Å². The fraction of sp³-hybridized carbons (Fsp3) is 0.452. The van der Waals surface area contributed by atoms with Crippen LogP contribution in [-0.2, 0) is 29.0 Å². The van der Waals surface area contributed by atoms with E-state index in [1.807, 2.05) is 12.1 Å². The zero-order chi connectivity index (χ0) is 31.6. The number of methoxy groups -OCH3 is 1. The molecule has 3 aromatic rings. The molecule has 2 N–H and O–H groups in total. The first-order valence-electron chi connectivity index (χ1n) is 14.5. The van der Waals surface area contributed by atoms with Gasteiger partial charge >= 0.3 is 6.18 Å². The zero-order valence-corrected chi connectivity index (χ0v) is 25.6. The first-order chi connectivity index (χ1) is 20.8. The summed E-state index contributed by atoms with van der Waals surface area (Å²) in [4.78, 5) is 23.4. The summed E-state index contributed by atoms with van der Waals surface area (Å²) in [5.74, 6) is 0.0665. The number of rotatable bonds is 10. The molecule has 0 spiro atoms. The Morgan fingerprint density at radius 1 is 1.14 bits per heavy atom. The van der Waals surface area contributed by atoms with Gasteiger partial charge in [0.25, 0.3) is 0 Å². The normalized spacial score (nSPS) is 19.5. The second kappa shape index (κ2) is 12.8. The minimum atomic E-state index is -4.72. The number of halogens is 3. The largest absolute Gasteiger partial charge is 0.495 e. The maximum Gasteiger partial charge on any atom is 0.419 e. The van der Waals surface area contributed by atoms with Gasteiger partial charge in [-0.15, -0.1) is 0 Å². The third kappa shape index (κ3) is 7.56. The molecule has 2 heterocycles. The third-order valence-electron chi connectivity index (χ3n) is 8.40. The number of Topliss-reactive ketones (excluding diaryl/α,β-unsaturated/α-hetero) is 1. The van der Waals surface area contributed by atoms with Crippen LogP contribution >= 0.6 is 0 Å². The summed E-state index contributed by atoms with van der Waals surface area (Å²) < 4.78 is 74.6. The van der Waals surface area contributed by atoms with E-state index in [4.69, 9.17) is 4.74 Å². The number of fused-ring (bicyclic) bond motifs is 1. The highest BCUT2D eigenvalue weighted by Crippen LogP contribution is 2.41. The highest BCUT2D eigenvalue weighted by atomic mass is 32.2. The van der Waals surface area contributed by atoms with Crippen LogP contribution in [0.5, 0.6) is 5.75 Å². The van der Waals surface area contributed by atoms with Crippen molar-refractivity contribution in [2.24, 2.45) is 11.8 Å². The number of anilines is 2. The number of hydrogen-bond acceptors (Lipinski definition) is 8. The number of sulfonamides is 1.